The summed E-state index contributed by atoms with van der Waals surface area (Å²) in [7, 11) is 0. The van der Waals surface area contributed by atoms with Gasteiger partial charge in [-0.3, -0.25) is 9.78 Å². The number of aromatic nitrogens is 4. The first-order valence-corrected chi connectivity index (χ1v) is 8.14. The van der Waals surface area contributed by atoms with Crippen LogP contribution in [0.1, 0.15) is 11.5 Å². The molecule has 132 valence electrons. The van der Waals surface area contributed by atoms with Gasteiger partial charge >= 0.3 is 0 Å². The smallest absolute Gasteiger partial charge is 0.295 e. The van der Waals surface area contributed by atoms with Crippen molar-refractivity contribution < 1.29 is 14.6 Å². The van der Waals surface area contributed by atoms with Gasteiger partial charge in [0.15, 0.2) is 11.8 Å². The van der Waals surface area contributed by atoms with Crippen LogP contribution in [0.3, 0.4) is 0 Å². The van der Waals surface area contributed by atoms with Crippen molar-refractivity contribution in [3.8, 4) is 0 Å². The van der Waals surface area contributed by atoms with Gasteiger partial charge in [-0.15, -0.1) is 0 Å². The number of hydrogen-bond acceptors (Lipinski definition) is 7. The van der Waals surface area contributed by atoms with Crippen LogP contribution in [0.5, 0.6) is 0 Å². The van der Waals surface area contributed by atoms with Gasteiger partial charge in [-0.2, -0.15) is 5.10 Å². The Morgan fingerprint density at radius 2 is 1.92 bits per heavy atom. The summed E-state index contributed by atoms with van der Waals surface area (Å²) >= 11 is 5.98. The third-order valence-electron chi connectivity index (χ3n) is 3.86. The van der Waals surface area contributed by atoms with Gasteiger partial charge in [0.1, 0.15) is 23.4 Å². The topological polar surface area (TPSA) is 114 Å². The summed E-state index contributed by atoms with van der Waals surface area (Å²) in [5.74, 6) is 0.510. The van der Waals surface area contributed by atoms with E-state index < -0.39 is 11.8 Å². The van der Waals surface area contributed by atoms with E-state index in [4.69, 9.17) is 16.0 Å². The average molecular weight is 373 g/mol. The van der Waals surface area contributed by atoms with Gasteiger partial charge in [-0.1, -0.05) is 11.6 Å². The predicted octanol–water partition coefficient (Wildman–Crippen LogP) is 1.49. The molecule has 9 heteroatoms. The van der Waals surface area contributed by atoms with Crippen LogP contribution in [0.25, 0.3) is 22.0 Å². The molecule has 0 bridgehead atoms. The van der Waals surface area contributed by atoms with E-state index in [1.54, 1.807) is 24.3 Å². The van der Waals surface area contributed by atoms with Crippen LogP contribution in [0.2, 0.25) is 5.02 Å². The Morgan fingerprint density at radius 3 is 2.69 bits per heavy atom. The van der Waals surface area contributed by atoms with Crippen LogP contribution in [0.4, 0.5) is 0 Å². The number of aliphatic hydroxyl groups is 2. The van der Waals surface area contributed by atoms with Gasteiger partial charge in [0.2, 0.25) is 0 Å². The Labute approximate surface area is 151 Å². The highest BCUT2D eigenvalue weighted by Gasteiger charge is 2.16. The summed E-state index contributed by atoms with van der Waals surface area (Å²) in [6, 6.07) is 7.00. The first-order chi connectivity index (χ1) is 12.5. The van der Waals surface area contributed by atoms with Crippen LogP contribution < -0.4 is 5.56 Å². The zero-order valence-corrected chi connectivity index (χ0v) is 14.1. The molecule has 0 spiro atoms. The number of benzene rings is 1. The Kier molecular flexibility index (Phi) is 4.15. The monoisotopic (exact) mass is 372 g/mol. The van der Waals surface area contributed by atoms with E-state index in [-0.39, 0.29) is 29.7 Å². The number of furan rings is 1. The number of hydrogen-bond donors (Lipinski definition) is 2. The predicted molar refractivity (Wildman–Crippen MR) is 93.8 cm³/mol. The summed E-state index contributed by atoms with van der Waals surface area (Å²) in [5.41, 5.74) is 0.823. The van der Waals surface area contributed by atoms with Crippen LogP contribution >= 0.6 is 11.6 Å². The van der Waals surface area contributed by atoms with Crippen molar-refractivity contribution in [3.05, 3.63) is 63.5 Å². The van der Waals surface area contributed by atoms with Crippen molar-refractivity contribution in [1.29, 1.82) is 0 Å². The SMILES string of the molecule is O=c1c2nccnc2c(CC(O)O)nn1Cc1cc2cc(Cl)ccc2o1. The second-order valence-electron chi connectivity index (χ2n) is 5.74. The van der Waals surface area contributed by atoms with E-state index in [0.717, 1.165) is 5.39 Å². The second-order valence-corrected chi connectivity index (χ2v) is 6.18. The lowest BCUT2D eigenvalue weighted by atomic mass is 10.2. The van der Waals surface area contributed by atoms with E-state index in [1.165, 1.54) is 17.1 Å². The minimum atomic E-state index is -1.62. The van der Waals surface area contributed by atoms with E-state index in [2.05, 4.69) is 15.1 Å². The normalized spacial score (nSPS) is 11.7. The molecule has 3 aromatic heterocycles. The van der Waals surface area contributed by atoms with Crippen LogP contribution in [-0.2, 0) is 13.0 Å². The first-order valence-electron chi connectivity index (χ1n) is 7.76. The number of nitrogens with zero attached hydrogens (tertiary/aromatic N) is 4. The van der Waals surface area contributed by atoms with E-state index in [9.17, 15) is 15.0 Å². The van der Waals surface area contributed by atoms with Gasteiger partial charge in [0.25, 0.3) is 5.56 Å². The van der Waals surface area contributed by atoms with Crippen molar-refractivity contribution >= 4 is 33.6 Å². The molecule has 26 heavy (non-hydrogen) atoms. The molecule has 0 unspecified atom stereocenters. The fraction of sp³-hybridized carbons (Fsp3) is 0.176. The summed E-state index contributed by atoms with van der Waals surface area (Å²) in [6.07, 6.45) is 1.03. The molecule has 0 aliphatic rings. The molecule has 0 aliphatic heterocycles. The Hall–Kier alpha value is -2.81. The third-order valence-corrected chi connectivity index (χ3v) is 4.10. The van der Waals surface area contributed by atoms with Crippen LogP contribution in [0.15, 0.2) is 45.9 Å². The molecular weight excluding hydrogens is 360 g/mol. The van der Waals surface area contributed by atoms with E-state index in [1.807, 2.05) is 0 Å². The minimum Gasteiger partial charge on any atom is -0.459 e. The standard InChI is InChI=1S/C17H13ClN4O4/c18-10-1-2-13-9(5-10)6-11(26-13)8-22-17(25)16-15(19-3-4-20-16)12(21-22)7-14(23)24/h1-6,14,23-24H,7-8H2. The Morgan fingerprint density at radius 1 is 1.15 bits per heavy atom. The van der Waals surface area contributed by atoms with Crippen molar-refractivity contribution in [2.24, 2.45) is 0 Å². The minimum absolute atomic E-state index is 0.0617. The molecule has 0 aliphatic carbocycles. The number of halogens is 1. The molecule has 0 amide bonds. The molecule has 4 aromatic rings. The van der Waals surface area contributed by atoms with Crippen molar-refractivity contribution in [3.63, 3.8) is 0 Å². The molecule has 2 N–H and O–H groups in total. The molecule has 8 nitrogen and oxygen atoms in total. The lowest BCUT2D eigenvalue weighted by Crippen LogP contribution is -2.27. The molecule has 3 heterocycles. The molecular formula is C17H13ClN4O4. The zero-order chi connectivity index (χ0) is 18.3. The van der Waals surface area contributed by atoms with E-state index >= 15 is 0 Å². The Bertz CT molecular complexity index is 1170. The highest BCUT2D eigenvalue weighted by Crippen LogP contribution is 2.23. The highest BCUT2D eigenvalue weighted by atomic mass is 35.5. The summed E-state index contributed by atoms with van der Waals surface area (Å²) in [6.45, 7) is 0.0617. The number of fused-ring (bicyclic) bond motifs is 2. The maximum Gasteiger partial charge on any atom is 0.295 e. The van der Waals surface area contributed by atoms with Crippen molar-refractivity contribution in [1.82, 2.24) is 19.7 Å². The zero-order valence-electron chi connectivity index (χ0n) is 13.3. The Balaban J connectivity index is 1.82. The lowest BCUT2D eigenvalue weighted by molar-refractivity contribution is -0.0388. The van der Waals surface area contributed by atoms with Gasteiger partial charge in [0.05, 0.1) is 5.69 Å². The molecule has 4 rings (SSSR count). The summed E-state index contributed by atoms with van der Waals surface area (Å²) in [4.78, 5) is 20.8. The third kappa shape index (κ3) is 3.05. The quantitative estimate of drug-likeness (QED) is 0.521. The van der Waals surface area contributed by atoms with Gasteiger partial charge in [-0.25, -0.2) is 9.67 Å². The lowest BCUT2D eigenvalue weighted by Gasteiger charge is -2.09. The highest BCUT2D eigenvalue weighted by molar-refractivity contribution is 6.31. The van der Waals surface area contributed by atoms with E-state index in [0.29, 0.717) is 16.4 Å². The first kappa shape index (κ1) is 16.6. The second kappa shape index (κ2) is 6.49. The van der Waals surface area contributed by atoms with Gasteiger partial charge in [-0.05, 0) is 24.3 Å². The van der Waals surface area contributed by atoms with Gasteiger partial charge in [0, 0.05) is 29.2 Å². The fourth-order valence-electron chi connectivity index (χ4n) is 2.78. The largest absolute Gasteiger partial charge is 0.459 e. The maximum absolute atomic E-state index is 12.7. The molecule has 0 saturated heterocycles. The summed E-state index contributed by atoms with van der Waals surface area (Å²) in [5, 5.41) is 24.2. The van der Waals surface area contributed by atoms with Gasteiger partial charge < -0.3 is 14.6 Å². The number of aliphatic hydroxyl groups excluding tert-OH is 1. The van der Waals surface area contributed by atoms with Crippen molar-refractivity contribution in [2.45, 2.75) is 19.3 Å². The number of rotatable bonds is 4. The van der Waals surface area contributed by atoms with Crippen LogP contribution in [-0.4, -0.2) is 36.3 Å². The molecule has 0 saturated carbocycles. The maximum atomic E-state index is 12.7. The molecule has 0 atom stereocenters. The molecule has 0 fully saturated rings. The molecule has 0 radical (unpaired) electrons. The van der Waals surface area contributed by atoms with Crippen LogP contribution in [0, 0.1) is 0 Å². The molecule has 1 aromatic carbocycles. The van der Waals surface area contributed by atoms with Crippen molar-refractivity contribution in [2.75, 3.05) is 0 Å². The summed E-state index contributed by atoms with van der Waals surface area (Å²) < 4.78 is 6.90. The fourth-order valence-corrected chi connectivity index (χ4v) is 2.96. The average Bonchev–Trinajstić information content (AvgIpc) is 3.00.